The highest BCUT2D eigenvalue weighted by molar-refractivity contribution is 5.89. The molecular weight excluding hydrogens is 355 g/mol. The first-order chi connectivity index (χ1) is 12.2. The second-order valence-electron chi connectivity index (χ2n) is 5.43. The number of carbonyl (C=O) groups is 1. The van der Waals surface area contributed by atoms with Crippen molar-refractivity contribution in [2.45, 2.75) is 25.6 Å². The second-order valence-corrected chi connectivity index (χ2v) is 5.43. The van der Waals surface area contributed by atoms with Gasteiger partial charge in [0.05, 0.1) is 12.4 Å². The predicted octanol–water partition coefficient (Wildman–Crippen LogP) is 0.995. The summed E-state index contributed by atoms with van der Waals surface area (Å²) in [5, 5.41) is 23.0. The fraction of sp³-hybridized carbons (Fsp3) is 0.400. The Morgan fingerprint density at radius 2 is 2.00 bits per heavy atom. The third kappa shape index (κ3) is 6.69. The van der Waals surface area contributed by atoms with Crippen LogP contribution in [0.1, 0.15) is 6.92 Å². The number of urea groups is 1. The standard InChI is InChI=1S/C15H20F3N5O3/c1-9-8-12(19-6-7-24)22-13(20-9)23-14(25)21-10-2-4-11(5-3-10)26-15(16,17)18/h2-5,8-9,13,19-20,22,24H,6-7H2,1H3,(H2,21,23,25). The minimum absolute atomic E-state index is 0.0343. The molecule has 0 saturated heterocycles. The Morgan fingerprint density at radius 3 is 2.62 bits per heavy atom. The number of aliphatic hydroxyl groups is 1. The zero-order valence-corrected chi connectivity index (χ0v) is 13.9. The van der Waals surface area contributed by atoms with Gasteiger partial charge in [-0.25, -0.2) is 4.79 Å². The smallest absolute Gasteiger partial charge is 0.406 e. The van der Waals surface area contributed by atoms with Gasteiger partial charge in [0.25, 0.3) is 0 Å². The number of hydrogen-bond donors (Lipinski definition) is 6. The Kier molecular flexibility index (Phi) is 6.52. The molecule has 144 valence electrons. The molecule has 1 aliphatic heterocycles. The third-order valence-corrected chi connectivity index (χ3v) is 3.19. The Labute approximate surface area is 147 Å². The van der Waals surface area contributed by atoms with Gasteiger partial charge in [-0.3, -0.25) is 5.32 Å². The lowest BCUT2D eigenvalue weighted by Crippen LogP contribution is -2.61. The minimum Gasteiger partial charge on any atom is -0.406 e. The van der Waals surface area contributed by atoms with Crippen LogP contribution in [0, 0.1) is 0 Å². The fourth-order valence-electron chi connectivity index (χ4n) is 2.22. The maximum atomic E-state index is 12.1. The van der Waals surface area contributed by atoms with E-state index in [1.165, 1.54) is 12.1 Å². The number of alkyl halides is 3. The number of nitrogens with one attached hydrogen (secondary N) is 5. The van der Waals surface area contributed by atoms with Crippen LogP contribution in [0.4, 0.5) is 23.7 Å². The van der Waals surface area contributed by atoms with Crippen molar-refractivity contribution < 1.29 is 27.8 Å². The van der Waals surface area contributed by atoms with Gasteiger partial charge in [-0.05, 0) is 37.3 Å². The summed E-state index contributed by atoms with van der Waals surface area (Å²) in [5.41, 5.74) is 0.301. The van der Waals surface area contributed by atoms with Gasteiger partial charge in [0.1, 0.15) is 5.75 Å². The SMILES string of the molecule is CC1C=C(NCCO)NC(NC(=O)Nc2ccc(OC(F)(F)F)cc2)N1. The van der Waals surface area contributed by atoms with Crippen molar-refractivity contribution >= 4 is 11.7 Å². The van der Waals surface area contributed by atoms with E-state index in [9.17, 15) is 18.0 Å². The molecule has 6 N–H and O–H groups in total. The van der Waals surface area contributed by atoms with Crippen molar-refractivity contribution in [3.05, 3.63) is 36.2 Å². The molecule has 0 spiro atoms. The number of amides is 2. The van der Waals surface area contributed by atoms with Crippen LogP contribution < -0.4 is 31.3 Å². The third-order valence-electron chi connectivity index (χ3n) is 3.19. The molecule has 2 amide bonds. The Bertz CT molecular complexity index is 636. The quantitative estimate of drug-likeness (QED) is 0.443. The zero-order chi connectivity index (χ0) is 19.2. The number of ether oxygens (including phenoxy) is 1. The van der Waals surface area contributed by atoms with E-state index in [1.807, 2.05) is 13.0 Å². The molecule has 26 heavy (non-hydrogen) atoms. The van der Waals surface area contributed by atoms with Crippen molar-refractivity contribution in [3.63, 3.8) is 0 Å². The van der Waals surface area contributed by atoms with Crippen LogP contribution in [-0.4, -0.2) is 43.0 Å². The van der Waals surface area contributed by atoms with Crippen LogP contribution >= 0.6 is 0 Å². The number of carbonyl (C=O) groups excluding carboxylic acids is 1. The summed E-state index contributed by atoms with van der Waals surface area (Å²) in [6.07, 6.45) is -3.49. The average molecular weight is 375 g/mol. The van der Waals surface area contributed by atoms with E-state index in [0.717, 1.165) is 12.1 Å². The van der Waals surface area contributed by atoms with E-state index in [4.69, 9.17) is 5.11 Å². The van der Waals surface area contributed by atoms with Crippen LogP contribution in [0.5, 0.6) is 5.75 Å². The molecule has 0 aliphatic carbocycles. The molecule has 0 bridgehead atoms. The highest BCUT2D eigenvalue weighted by Gasteiger charge is 2.31. The second kappa shape index (κ2) is 8.63. The van der Waals surface area contributed by atoms with Gasteiger partial charge < -0.3 is 31.1 Å². The van der Waals surface area contributed by atoms with Crippen LogP contribution in [0.2, 0.25) is 0 Å². The largest absolute Gasteiger partial charge is 0.573 e. The van der Waals surface area contributed by atoms with E-state index >= 15 is 0 Å². The monoisotopic (exact) mass is 375 g/mol. The molecule has 0 radical (unpaired) electrons. The first-order valence-electron chi connectivity index (χ1n) is 7.77. The van der Waals surface area contributed by atoms with Crippen molar-refractivity contribution in [2.24, 2.45) is 0 Å². The Morgan fingerprint density at radius 1 is 1.31 bits per heavy atom. The summed E-state index contributed by atoms with van der Waals surface area (Å²) < 4.78 is 40.1. The highest BCUT2D eigenvalue weighted by Crippen LogP contribution is 2.23. The molecule has 1 aromatic rings. The summed E-state index contributed by atoms with van der Waals surface area (Å²) in [6.45, 7) is 2.21. The number of rotatable bonds is 6. The molecule has 2 unspecified atom stereocenters. The van der Waals surface area contributed by atoms with Crippen molar-refractivity contribution in [1.82, 2.24) is 21.3 Å². The summed E-state index contributed by atoms with van der Waals surface area (Å²) in [4.78, 5) is 12.0. The van der Waals surface area contributed by atoms with E-state index in [1.54, 1.807) is 0 Å². The Hall–Kier alpha value is -2.66. The lowest BCUT2D eigenvalue weighted by atomic mass is 10.2. The molecule has 0 fully saturated rings. The number of benzene rings is 1. The van der Waals surface area contributed by atoms with Crippen LogP contribution in [-0.2, 0) is 0 Å². The molecular formula is C15H20F3N5O3. The topological polar surface area (TPSA) is 107 Å². The molecule has 1 aromatic carbocycles. The first-order valence-corrected chi connectivity index (χ1v) is 7.77. The Balaban J connectivity index is 1.85. The van der Waals surface area contributed by atoms with Gasteiger partial charge in [-0.1, -0.05) is 0 Å². The number of halogens is 3. The molecule has 0 saturated carbocycles. The van der Waals surface area contributed by atoms with Crippen LogP contribution in [0.15, 0.2) is 36.2 Å². The zero-order valence-electron chi connectivity index (χ0n) is 13.9. The van der Waals surface area contributed by atoms with E-state index in [0.29, 0.717) is 18.1 Å². The molecule has 11 heteroatoms. The first kappa shape index (κ1) is 19.7. The van der Waals surface area contributed by atoms with Crippen molar-refractivity contribution in [1.29, 1.82) is 0 Å². The van der Waals surface area contributed by atoms with E-state index in [-0.39, 0.29) is 18.4 Å². The average Bonchev–Trinajstić information content (AvgIpc) is 2.53. The maximum absolute atomic E-state index is 12.1. The minimum atomic E-state index is -4.77. The van der Waals surface area contributed by atoms with Gasteiger partial charge in [-0.15, -0.1) is 13.2 Å². The molecule has 2 rings (SSSR count). The number of anilines is 1. The van der Waals surface area contributed by atoms with E-state index < -0.39 is 18.7 Å². The van der Waals surface area contributed by atoms with Gasteiger partial charge in [0.2, 0.25) is 0 Å². The van der Waals surface area contributed by atoms with Gasteiger partial charge in [-0.2, -0.15) is 0 Å². The molecule has 8 nitrogen and oxygen atoms in total. The van der Waals surface area contributed by atoms with E-state index in [2.05, 4.69) is 31.3 Å². The number of hydrogen-bond acceptors (Lipinski definition) is 6. The normalized spacial score (nSPS) is 19.8. The van der Waals surface area contributed by atoms with Gasteiger partial charge >= 0.3 is 12.4 Å². The van der Waals surface area contributed by atoms with Gasteiger partial charge in [0, 0.05) is 18.3 Å². The maximum Gasteiger partial charge on any atom is 0.573 e. The molecule has 0 aromatic heterocycles. The van der Waals surface area contributed by atoms with Gasteiger partial charge in [0.15, 0.2) is 6.29 Å². The number of aliphatic hydroxyl groups excluding tert-OH is 1. The molecule has 1 aliphatic rings. The van der Waals surface area contributed by atoms with Crippen LogP contribution in [0.25, 0.3) is 0 Å². The highest BCUT2D eigenvalue weighted by atomic mass is 19.4. The fourth-order valence-corrected chi connectivity index (χ4v) is 2.22. The van der Waals surface area contributed by atoms with Crippen molar-refractivity contribution in [2.75, 3.05) is 18.5 Å². The summed E-state index contributed by atoms with van der Waals surface area (Å²) in [6, 6.07) is 4.18. The lowest BCUT2D eigenvalue weighted by molar-refractivity contribution is -0.274. The molecule has 2 atom stereocenters. The summed E-state index contributed by atoms with van der Waals surface area (Å²) in [5.74, 6) is 0.280. The predicted molar refractivity (Wildman–Crippen MR) is 88.0 cm³/mol. The summed E-state index contributed by atoms with van der Waals surface area (Å²) >= 11 is 0. The van der Waals surface area contributed by atoms with Crippen molar-refractivity contribution in [3.8, 4) is 5.75 Å². The lowest BCUT2D eigenvalue weighted by Gasteiger charge is -2.31. The molecule has 1 heterocycles. The summed E-state index contributed by atoms with van der Waals surface area (Å²) in [7, 11) is 0. The van der Waals surface area contributed by atoms with Crippen LogP contribution in [0.3, 0.4) is 0 Å².